The minimum atomic E-state index is -5.08. The van der Waals surface area contributed by atoms with E-state index in [1.807, 2.05) is 24.9 Å². The van der Waals surface area contributed by atoms with Gasteiger partial charge in [0, 0.05) is 24.8 Å². The van der Waals surface area contributed by atoms with Gasteiger partial charge in [-0.1, -0.05) is 23.2 Å². The largest absolute Gasteiger partial charge is 0.490 e. The Morgan fingerprint density at radius 3 is 2.37 bits per heavy atom. The SMILES string of the molecule is CNC1CCN(C(=O)c2cc(C)n(-c3ccc(Cl)c(Cl)c3)n2)C1.O=C(O)C(F)(F)F. The number of aryl methyl sites for hydroxylation is 1. The molecule has 1 fully saturated rings. The number of likely N-dealkylation sites (N-methyl/N-ethyl adjacent to an activating group) is 1. The lowest BCUT2D eigenvalue weighted by Crippen LogP contribution is -2.33. The Morgan fingerprint density at radius 2 is 1.87 bits per heavy atom. The van der Waals surface area contributed by atoms with Crippen LogP contribution >= 0.6 is 23.2 Å². The lowest BCUT2D eigenvalue weighted by molar-refractivity contribution is -0.192. The van der Waals surface area contributed by atoms with Crippen molar-refractivity contribution in [3.05, 3.63) is 45.7 Å². The number of hydrogen-bond acceptors (Lipinski definition) is 4. The highest BCUT2D eigenvalue weighted by Gasteiger charge is 2.38. The van der Waals surface area contributed by atoms with Crippen LogP contribution in [0.2, 0.25) is 10.0 Å². The molecular formula is C18H19Cl2F3N4O3. The molecule has 1 atom stereocenters. The molecule has 1 unspecified atom stereocenters. The molecular weight excluding hydrogens is 448 g/mol. The molecule has 1 aromatic heterocycles. The van der Waals surface area contributed by atoms with Crippen molar-refractivity contribution in [1.29, 1.82) is 0 Å². The summed E-state index contributed by atoms with van der Waals surface area (Å²) in [6.45, 7) is 3.38. The molecule has 2 heterocycles. The van der Waals surface area contributed by atoms with Crippen LogP contribution in [0.15, 0.2) is 24.3 Å². The number of nitrogens with one attached hydrogen (secondary N) is 1. The molecule has 0 bridgehead atoms. The minimum Gasteiger partial charge on any atom is -0.475 e. The number of rotatable bonds is 3. The Bertz CT molecular complexity index is 934. The van der Waals surface area contributed by atoms with Gasteiger partial charge >= 0.3 is 12.1 Å². The summed E-state index contributed by atoms with van der Waals surface area (Å²) in [5.41, 5.74) is 2.10. The number of nitrogens with zero attached hydrogens (tertiary/aromatic N) is 3. The van der Waals surface area contributed by atoms with Crippen LogP contribution in [0, 0.1) is 6.92 Å². The second-order valence-electron chi connectivity index (χ2n) is 6.51. The molecule has 1 aromatic carbocycles. The molecule has 30 heavy (non-hydrogen) atoms. The first kappa shape index (κ1) is 24.0. The van der Waals surface area contributed by atoms with Crippen molar-refractivity contribution in [1.82, 2.24) is 20.0 Å². The van der Waals surface area contributed by atoms with E-state index in [-0.39, 0.29) is 5.91 Å². The zero-order chi connectivity index (χ0) is 22.6. The molecule has 2 N–H and O–H groups in total. The summed E-state index contributed by atoms with van der Waals surface area (Å²) in [6, 6.07) is 7.45. The van der Waals surface area contributed by atoms with Gasteiger partial charge in [0.25, 0.3) is 5.91 Å². The zero-order valence-electron chi connectivity index (χ0n) is 16.0. The summed E-state index contributed by atoms with van der Waals surface area (Å²) >= 11 is 12.0. The van der Waals surface area contributed by atoms with Crippen molar-refractivity contribution < 1.29 is 27.9 Å². The lowest BCUT2D eigenvalue weighted by Gasteiger charge is -2.14. The number of carboxylic acids is 1. The Kier molecular flexibility index (Phi) is 7.73. The Labute approximate surface area is 180 Å². The van der Waals surface area contributed by atoms with Crippen LogP contribution in [0.1, 0.15) is 22.6 Å². The molecule has 1 aliphatic heterocycles. The van der Waals surface area contributed by atoms with Gasteiger partial charge in [0.2, 0.25) is 0 Å². The number of halogens is 5. The summed E-state index contributed by atoms with van der Waals surface area (Å²) in [5.74, 6) is -2.79. The zero-order valence-corrected chi connectivity index (χ0v) is 17.5. The highest BCUT2D eigenvalue weighted by Crippen LogP contribution is 2.25. The smallest absolute Gasteiger partial charge is 0.475 e. The van der Waals surface area contributed by atoms with Gasteiger partial charge in [-0.15, -0.1) is 0 Å². The average Bonchev–Trinajstić information content (AvgIpc) is 3.30. The van der Waals surface area contributed by atoms with Crippen LogP contribution in [0.4, 0.5) is 13.2 Å². The number of carbonyl (C=O) groups excluding carboxylic acids is 1. The standard InChI is InChI=1S/C16H18Cl2N4O.C2HF3O2/c1-10-7-15(16(23)21-6-5-11(9-21)19-2)20-22(10)12-3-4-13(17)14(18)8-12;3-2(4,5)1(6)7/h3-4,7-8,11,19H,5-6,9H2,1-2H3;(H,6,7). The Hall–Kier alpha value is -2.30. The maximum atomic E-state index is 12.6. The van der Waals surface area contributed by atoms with Crippen molar-refractivity contribution in [2.24, 2.45) is 0 Å². The van der Waals surface area contributed by atoms with Crippen molar-refractivity contribution >= 4 is 35.1 Å². The maximum absolute atomic E-state index is 12.6. The number of benzene rings is 1. The quantitative estimate of drug-likeness (QED) is 0.721. The van der Waals surface area contributed by atoms with Crippen molar-refractivity contribution in [3.8, 4) is 5.69 Å². The first-order valence-electron chi connectivity index (χ1n) is 8.72. The van der Waals surface area contributed by atoms with Crippen LogP contribution in [-0.4, -0.2) is 64.0 Å². The summed E-state index contributed by atoms with van der Waals surface area (Å²) in [4.78, 5) is 23.3. The van der Waals surface area contributed by atoms with Gasteiger partial charge in [0.05, 0.1) is 15.7 Å². The number of alkyl halides is 3. The molecule has 1 amide bonds. The van der Waals surface area contributed by atoms with E-state index in [0.29, 0.717) is 28.3 Å². The fourth-order valence-electron chi connectivity index (χ4n) is 2.80. The second kappa shape index (κ2) is 9.67. The van der Waals surface area contributed by atoms with Gasteiger partial charge in [-0.25, -0.2) is 9.48 Å². The average molecular weight is 467 g/mol. The van der Waals surface area contributed by atoms with E-state index >= 15 is 0 Å². The number of amides is 1. The third kappa shape index (κ3) is 5.87. The molecule has 3 rings (SSSR count). The third-order valence-electron chi connectivity index (χ3n) is 4.38. The number of carbonyl (C=O) groups is 2. The number of carboxylic acid groups (broad SMARTS) is 1. The van der Waals surface area contributed by atoms with Crippen LogP contribution in [0.25, 0.3) is 5.69 Å². The number of aliphatic carboxylic acids is 1. The van der Waals surface area contributed by atoms with Gasteiger partial charge in [-0.2, -0.15) is 18.3 Å². The van der Waals surface area contributed by atoms with E-state index in [0.717, 1.165) is 24.3 Å². The van der Waals surface area contributed by atoms with Crippen molar-refractivity contribution in [3.63, 3.8) is 0 Å². The van der Waals surface area contributed by atoms with E-state index in [4.69, 9.17) is 33.1 Å². The highest BCUT2D eigenvalue weighted by atomic mass is 35.5. The van der Waals surface area contributed by atoms with E-state index in [2.05, 4.69) is 10.4 Å². The van der Waals surface area contributed by atoms with E-state index in [1.165, 1.54) is 0 Å². The third-order valence-corrected chi connectivity index (χ3v) is 5.12. The monoisotopic (exact) mass is 466 g/mol. The molecule has 0 radical (unpaired) electrons. The molecule has 1 saturated heterocycles. The summed E-state index contributed by atoms with van der Waals surface area (Å²) in [6.07, 6.45) is -4.12. The fourth-order valence-corrected chi connectivity index (χ4v) is 3.09. The number of likely N-dealkylation sites (tertiary alicyclic amines) is 1. The molecule has 7 nitrogen and oxygen atoms in total. The molecule has 12 heteroatoms. The van der Waals surface area contributed by atoms with Gasteiger partial charge in [-0.05, 0) is 44.7 Å². The Balaban J connectivity index is 0.000000396. The second-order valence-corrected chi connectivity index (χ2v) is 7.32. The maximum Gasteiger partial charge on any atom is 0.490 e. The van der Waals surface area contributed by atoms with Gasteiger partial charge in [0.1, 0.15) is 0 Å². The molecule has 0 aliphatic carbocycles. The van der Waals surface area contributed by atoms with Gasteiger partial charge in [0.15, 0.2) is 5.69 Å². The Morgan fingerprint density at radius 1 is 1.23 bits per heavy atom. The van der Waals surface area contributed by atoms with Crippen LogP contribution in [0.3, 0.4) is 0 Å². The minimum absolute atomic E-state index is 0.0374. The summed E-state index contributed by atoms with van der Waals surface area (Å²) in [7, 11) is 1.92. The predicted octanol–water partition coefficient (Wildman–Crippen LogP) is 3.55. The van der Waals surface area contributed by atoms with Crippen LogP contribution < -0.4 is 5.32 Å². The molecule has 0 saturated carbocycles. The topological polar surface area (TPSA) is 87.5 Å². The molecule has 164 valence electrons. The fraction of sp³-hybridized carbons (Fsp3) is 0.389. The van der Waals surface area contributed by atoms with E-state index in [1.54, 1.807) is 22.9 Å². The predicted molar refractivity (Wildman–Crippen MR) is 105 cm³/mol. The first-order chi connectivity index (χ1) is 13.9. The van der Waals surface area contributed by atoms with Gasteiger partial charge < -0.3 is 15.3 Å². The number of aromatic nitrogens is 2. The lowest BCUT2D eigenvalue weighted by atomic mass is 10.3. The number of hydrogen-bond donors (Lipinski definition) is 2. The molecule has 0 spiro atoms. The van der Waals surface area contributed by atoms with Crippen LogP contribution in [0.5, 0.6) is 0 Å². The summed E-state index contributed by atoms with van der Waals surface area (Å²) in [5, 5.41) is 15.7. The van der Waals surface area contributed by atoms with Gasteiger partial charge in [-0.3, -0.25) is 4.79 Å². The van der Waals surface area contributed by atoms with Crippen molar-refractivity contribution in [2.75, 3.05) is 20.1 Å². The molecule has 1 aliphatic rings. The van der Waals surface area contributed by atoms with E-state index in [9.17, 15) is 18.0 Å². The first-order valence-corrected chi connectivity index (χ1v) is 9.48. The molecule has 2 aromatic rings. The van der Waals surface area contributed by atoms with Crippen molar-refractivity contribution in [2.45, 2.75) is 25.6 Å². The van der Waals surface area contributed by atoms with E-state index < -0.39 is 12.1 Å². The van der Waals surface area contributed by atoms with Crippen LogP contribution in [-0.2, 0) is 4.79 Å². The highest BCUT2D eigenvalue weighted by molar-refractivity contribution is 6.42. The normalized spacial score (nSPS) is 16.2. The summed E-state index contributed by atoms with van der Waals surface area (Å²) < 4.78 is 33.4.